The third kappa shape index (κ3) is 4.14. The lowest BCUT2D eigenvalue weighted by molar-refractivity contribution is -0.138. The van der Waals surface area contributed by atoms with E-state index in [1.165, 1.54) is 6.20 Å². The highest BCUT2D eigenvalue weighted by Gasteiger charge is 2.35. The highest BCUT2D eigenvalue weighted by Crippen LogP contribution is 2.32. The van der Waals surface area contributed by atoms with Gasteiger partial charge < -0.3 is 15.4 Å². The number of ether oxygens (including phenoxy) is 1. The third-order valence-electron chi connectivity index (χ3n) is 5.51. The van der Waals surface area contributed by atoms with Crippen molar-refractivity contribution in [2.75, 3.05) is 19.8 Å². The van der Waals surface area contributed by atoms with E-state index >= 15 is 0 Å². The molecule has 2 N–H and O–H groups in total. The number of nitrogens with two attached hydrogens (primary N) is 1. The maximum absolute atomic E-state index is 12.9. The van der Waals surface area contributed by atoms with Gasteiger partial charge in [-0.2, -0.15) is 0 Å². The van der Waals surface area contributed by atoms with Crippen molar-refractivity contribution in [2.24, 2.45) is 17.6 Å². The molecule has 2 fully saturated rings. The molecule has 2 aliphatic rings. The second-order valence-electron chi connectivity index (χ2n) is 7.23. The number of alkyl halides is 1. The number of pyridine rings is 1. The second-order valence-corrected chi connectivity index (χ2v) is 7.23. The van der Waals surface area contributed by atoms with Crippen molar-refractivity contribution in [1.82, 2.24) is 9.88 Å². The van der Waals surface area contributed by atoms with Crippen molar-refractivity contribution >= 4 is 11.8 Å². The maximum atomic E-state index is 12.9. The molecule has 1 saturated heterocycles. The summed E-state index contributed by atoms with van der Waals surface area (Å²) in [6.45, 7) is 0.761. The van der Waals surface area contributed by atoms with Gasteiger partial charge in [-0.05, 0) is 56.6 Å². The van der Waals surface area contributed by atoms with Gasteiger partial charge >= 0.3 is 0 Å². The molecule has 1 aromatic heterocycles. The average Bonchev–Trinajstić information content (AvgIpc) is 3.14. The molecule has 0 spiro atoms. The topological polar surface area (TPSA) is 85.5 Å². The second kappa shape index (κ2) is 8.47. The number of primary amides is 1. The number of hydrogen-bond donors (Lipinski definition) is 1. The highest BCUT2D eigenvalue weighted by atomic mass is 19.1. The van der Waals surface area contributed by atoms with Crippen LogP contribution in [0.15, 0.2) is 18.3 Å². The van der Waals surface area contributed by atoms with Crippen molar-refractivity contribution in [3.05, 3.63) is 24.0 Å². The van der Waals surface area contributed by atoms with Gasteiger partial charge in [-0.25, -0.2) is 4.98 Å². The largest absolute Gasteiger partial charge is 0.489 e. The SMILES string of the molecule is NC(=O)c1ncccc1OC[C@@H]1CCCN1C(=O)C1CCC(CF)CC1. The molecule has 0 unspecified atom stereocenters. The molecule has 0 aromatic carbocycles. The Kier molecular flexibility index (Phi) is 6.06. The van der Waals surface area contributed by atoms with Crippen LogP contribution in [0.3, 0.4) is 0 Å². The summed E-state index contributed by atoms with van der Waals surface area (Å²) in [4.78, 5) is 30.2. The molecule has 1 aliphatic heterocycles. The van der Waals surface area contributed by atoms with Crippen LogP contribution < -0.4 is 10.5 Å². The van der Waals surface area contributed by atoms with Crippen LogP contribution in [-0.2, 0) is 4.79 Å². The van der Waals surface area contributed by atoms with Gasteiger partial charge in [0.25, 0.3) is 5.91 Å². The Balaban J connectivity index is 1.59. The molecule has 2 amide bonds. The van der Waals surface area contributed by atoms with Crippen molar-refractivity contribution in [2.45, 2.75) is 44.6 Å². The van der Waals surface area contributed by atoms with Crippen LogP contribution in [0.5, 0.6) is 5.75 Å². The Morgan fingerprint density at radius 1 is 1.27 bits per heavy atom. The van der Waals surface area contributed by atoms with Gasteiger partial charge in [0.05, 0.1) is 12.7 Å². The predicted molar refractivity (Wildman–Crippen MR) is 94.4 cm³/mol. The summed E-state index contributed by atoms with van der Waals surface area (Å²) >= 11 is 0. The van der Waals surface area contributed by atoms with Gasteiger partial charge in [-0.1, -0.05) is 0 Å². The van der Waals surface area contributed by atoms with Crippen molar-refractivity contribution < 1.29 is 18.7 Å². The lowest BCUT2D eigenvalue weighted by Gasteiger charge is -2.32. The van der Waals surface area contributed by atoms with Gasteiger partial charge in [0.15, 0.2) is 11.4 Å². The quantitative estimate of drug-likeness (QED) is 0.840. The Morgan fingerprint density at radius 2 is 2.04 bits per heavy atom. The van der Waals surface area contributed by atoms with E-state index in [9.17, 15) is 14.0 Å². The van der Waals surface area contributed by atoms with Crippen LogP contribution in [0, 0.1) is 11.8 Å². The van der Waals surface area contributed by atoms with E-state index in [1.807, 2.05) is 4.90 Å². The smallest absolute Gasteiger partial charge is 0.271 e. The first-order chi connectivity index (χ1) is 12.6. The molecular weight excluding hydrogens is 337 g/mol. The molecule has 142 valence electrons. The van der Waals surface area contributed by atoms with Crippen LogP contribution in [0.25, 0.3) is 0 Å². The number of aromatic nitrogens is 1. The molecule has 26 heavy (non-hydrogen) atoms. The van der Waals surface area contributed by atoms with E-state index in [0.29, 0.717) is 12.4 Å². The fraction of sp³-hybridized carbons (Fsp3) is 0.632. The molecule has 0 radical (unpaired) electrons. The molecule has 1 aliphatic carbocycles. The zero-order chi connectivity index (χ0) is 18.5. The molecule has 7 heteroatoms. The highest BCUT2D eigenvalue weighted by molar-refractivity contribution is 5.93. The molecule has 1 saturated carbocycles. The number of carbonyl (C=O) groups excluding carboxylic acids is 2. The van der Waals surface area contributed by atoms with Gasteiger partial charge in [0.1, 0.15) is 6.61 Å². The summed E-state index contributed by atoms with van der Waals surface area (Å²) in [7, 11) is 0. The van der Waals surface area contributed by atoms with E-state index in [-0.39, 0.29) is 36.2 Å². The van der Waals surface area contributed by atoms with Crippen molar-refractivity contribution in [1.29, 1.82) is 0 Å². The monoisotopic (exact) mass is 363 g/mol. The molecule has 1 atom stereocenters. The van der Waals surface area contributed by atoms with E-state index < -0.39 is 5.91 Å². The lowest BCUT2D eigenvalue weighted by Crippen LogP contribution is -2.43. The number of halogens is 1. The molecule has 0 bridgehead atoms. The summed E-state index contributed by atoms with van der Waals surface area (Å²) in [5, 5.41) is 0. The third-order valence-corrected chi connectivity index (χ3v) is 5.51. The minimum Gasteiger partial charge on any atom is -0.489 e. The maximum Gasteiger partial charge on any atom is 0.271 e. The van der Waals surface area contributed by atoms with E-state index in [4.69, 9.17) is 10.5 Å². The fourth-order valence-corrected chi connectivity index (χ4v) is 3.98. The van der Waals surface area contributed by atoms with Crippen LogP contribution in [0.2, 0.25) is 0 Å². The Bertz CT molecular complexity index is 647. The fourth-order valence-electron chi connectivity index (χ4n) is 3.98. The number of rotatable bonds is 6. The minimum absolute atomic E-state index is 0.00188. The minimum atomic E-state index is -0.635. The van der Waals surface area contributed by atoms with Crippen molar-refractivity contribution in [3.8, 4) is 5.75 Å². The summed E-state index contributed by atoms with van der Waals surface area (Å²) in [6.07, 6.45) is 6.43. The summed E-state index contributed by atoms with van der Waals surface area (Å²) in [5.41, 5.74) is 5.43. The number of likely N-dealkylation sites (tertiary alicyclic amines) is 1. The Labute approximate surface area is 152 Å². The summed E-state index contributed by atoms with van der Waals surface area (Å²) in [5.74, 6) is -0.00502. The standard InChI is InChI=1S/C19H26FN3O3/c20-11-13-5-7-14(8-6-13)19(25)23-10-2-3-15(23)12-26-16-4-1-9-22-17(16)18(21)24/h1,4,9,13-15H,2-3,5-8,10-12H2,(H2,21,24)/t13?,14?,15-/m0/s1. The zero-order valence-electron chi connectivity index (χ0n) is 14.9. The first-order valence-electron chi connectivity index (χ1n) is 9.34. The summed E-state index contributed by atoms with van der Waals surface area (Å²) in [6, 6.07) is 3.33. The van der Waals surface area contributed by atoms with Gasteiger partial charge in [0.2, 0.25) is 5.91 Å². The van der Waals surface area contributed by atoms with E-state index in [1.54, 1.807) is 12.1 Å². The van der Waals surface area contributed by atoms with Crippen LogP contribution in [-0.4, -0.2) is 47.6 Å². The number of hydrogen-bond acceptors (Lipinski definition) is 4. The Hall–Kier alpha value is -2.18. The van der Waals surface area contributed by atoms with Crippen LogP contribution in [0.4, 0.5) is 4.39 Å². The molecular formula is C19H26FN3O3. The van der Waals surface area contributed by atoms with Gasteiger partial charge in [0, 0.05) is 18.7 Å². The van der Waals surface area contributed by atoms with E-state index in [0.717, 1.165) is 45.1 Å². The first kappa shape index (κ1) is 18.6. The average molecular weight is 363 g/mol. The molecule has 1 aromatic rings. The molecule has 3 rings (SSSR count). The zero-order valence-corrected chi connectivity index (χ0v) is 14.9. The Morgan fingerprint density at radius 3 is 2.73 bits per heavy atom. The lowest BCUT2D eigenvalue weighted by atomic mass is 9.82. The van der Waals surface area contributed by atoms with E-state index in [2.05, 4.69) is 4.98 Å². The van der Waals surface area contributed by atoms with Crippen LogP contribution >= 0.6 is 0 Å². The van der Waals surface area contributed by atoms with Gasteiger partial charge in [-0.3, -0.25) is 14.0 Å². The van der Waals surface area contributed by atoms with Crippen molar-refractivity contribution in [3.63, 3.8) is 0 Å². The molecule has 6 nitrogen and oxygen atoms in total. The van der Waals surface area contributed by atoms with Crippen LogP contribution in [0.1, 0.15) is 49.0 Å². The summed E-state index contributed by atoms with van der Waals surface area (Å²) < 4.78 is 18.5. The van der Waals surface area contributed by atoms with Gasteiger partial charge in [-0.15, -0.1) is 0 Å². The first-order valence-corrected chi connectivity index (χ1v) is 9.34. The number of amides is 2. The molecule has 2 heterocycles. The predicted octanol–water partition coefficient (Wildman–Crippen LogP) is 2.33. The number of nitrogens with zero attached hydrogens (tertiary/aromatic N) is 2. The number of carbonyl (C=O) groups is 2. The normalized spacial score (nSPS) is 25.9.